The fraction of sp³-hybridized carbons (Fsp3) is 0. The second kappa shape index (κ2) is 4.02. The van der Waals surface area contributed by atoms with Crippen molar-refractivity contribution in [1.29, 1.82) is 0 Å². The van der Waals surface area contributed by atoms with Gasteiger partial charge in [0.15, 0.2) is 0 Å². The summed E-state index contributed by atoms with van der Waals surface area (Å²) in [6.45, 7) is 0. The first-order chi connectivity index (χ1) is 6.29. The second-order valence-electron chi connectivity index (χ2n) is 2.56. The van der Waals surface area contributed by atoms with Crippen LogP contribution in [0.5, 0.6) is 0 Å². The summed E-state index contributed by atoms with van der Waals surface area (Å²) in [5, 5.41) is 9.39. The lowest BCUT2D eigenvalue weighted by Crippen LogP contribution is -1.98. The molecule has 0 bridgehead atoms. The largest absolute Gasteiger partial charge is 0.478 e. The van der Waals surface area contributed by atoms with E-state index in [2.05, 4.69) is 9.97 Å². The van der Waals surface area contributed by atoms with Crippen LogP contribution in [0.15, 0.2) is 30.7 Å². The number of rotatable bonds is 1. The Hall–Kier alpha value is -1.68. The molecule has 2 rings (SSSR count). The minimum absolute atomic E-state index is 0. The monoisotopic (exact) mass is 210 g/mol. The zero-order chi connectivity index (χ0) is 9.26. The van der Waals surface area contributed by atoms with Crippen molar-refractivity contribution in [3.63, 3.8) is 0 Å². The lowest BCUT2D eigenvalue weighted by Gasteiger charge is -1.98. The molecule has 2 aromatic heterocycles. The summed E-state index contributed by atoms with van der Waals surface area (Å²) >= 11 is 0. The molecular formula is C9H7ClN2O2. The molecule has 0 amide bonds. The quantitative estimate of drug-likeness (QED) is 0.779. The first kappa shape index (κ1) is 10.4. The minimum atomic E-state index is -0.958. The Balaban J connectivity index is 0.000000980. The van der Waals surface area contributed by atoms with Gasteiger partial charge in [-0.2, -0.15) is 0 Å². The van der Waals surface area contributed by atoms with Gasteiger partial charge in [0, 0.05) is 24.0 Å². The van der Waals surface area contributed by atoms with Crippen LogP contribution in [0.1, 0.15) is 10.4 Å². The highest BCUT2D eigenvalue weighted by atomic mass is 35.5. The molecule has 0 aliphatic rings. The van der Waals surface area contributed by atoms with Crippen LogP contribution < -0.4 is 0 Å². The van der Waals surface area contributed by atoms with Crippen LogP contribution in [0.4, 0.5) is 0 Å². The molecule has 0 saturated carbocycles. The molecule has 0 fully saturated rings. The van der Waals surface area contributed by atoms with E-state index in [4.69, 9.17) is 5.11 Å². The van der Waals surface area contributed by atoms with Crippen molar-refractivity contribution in [3.8, 4) is 0 Å². The number of carboxylic acids is 1. The van der Waals surface area contributed by atoms with Crippen molar-refractivity contribution in [2.75, 3.05) is 0 Å². The van der Waals surface area contributed by atoms with Gasteiger partial charge in [0.05, 0.1) is 11.1 Å². The summed E-state index contributed by atoms with van der Waals surface area (Å²) in [7, 11) is 0. The summed E-state index contributed by atoms with van der Waals surface area (Å²) in [4.78, 5) is 18.6. The van der Waals surface area contributed by atoms with Crippen LogP contribution in [0.25, 0.3) is 10.9 Å². The van der Waals surface area contributed by atoms with E-state index < -0.39 is 5.97 Å². The van der Waals surface area contributed by atoms with Crippen LogP contribution in [-0.2, 0) is 0 Å². The zero-order valence-electron chi connectivity index (χ0n) is 7.04. The molecular weight excluding hydrogens is 204 g/mol. The second-order valence-corrected chi connectivity index (χ2v) is 2.56. The average molecular weight is 211 g/mol. The summed E-state index contributed by atoms with van der Waals surface area (Å²) in [5.41, 5.74) is 0.882. The van der Waals surface area contributed by atoms with Crippen molar-refractivity contribution >= 4 is 29.3 Å². The smallest absolute Gasteiger partial charge is 0.336 e. The number of halogens is 1. The van der Waals surface area contributed by atoms with Gasteiger partial charge >= 0.3 is 5.97 Å². The Morgan fingerprint density at radius 1 is 1.29 bits per heavy atom. The van der Waals surface area contributed by atoms with Crippen LogP contribution in [0, 0.1) is 0 Å². The summed E-state index contributed by atoms with van der Waals surface area (Å²) < 4.78 is 0. The van der Waals surface area contributed by atoms with Crippen molar-refractivity contribution in [1.82, 2.24) is 9.97 Å². The molecule has 72 valence electrons. The third-order valence-electron chi connectivity index (χ3n) is 1.77. The van der Waals surface area contributed by atoms with Gasteiger partial charge in [-0.25, -0.2) is 4.79 Å². The molecule has 0 aromatic carbocycles. The number of pyridine rings is 2. The number of nitrogens with zero attached hydrogens (tertiary/aromatic N) is 2. The van der Waals surface area contributed by atoms with Crippen molar-refractivity contribution in [2.24, 2.45) is 0 Å². The van der Waals surface area contributed by atoms with Crippen LogP contribution in [0.3, 0.4) is 0 Å². The highest BCUT2D eigenvalue weighted by Crippen LogP contribution is 2.14. The highest BCUT2D eigenvalue weighted by Gasteiger charge is 2.07. The Kier molecular flexibility index (Phi) is 2.99. The lowest BCUT2D eigenvalue weighted by molar-refractivity contribution is 0.0699. The first-order valence-electron chi connectivity index (χ1n) is 3.71. The van der Waals surface area contributed by atoms with Gasteiger partial charge in [-0.05, 0) is 12.1 Å². The maximum absolute atomic E-state index is 10.8. The maximum atomic E-state index is 10.8. The zero-order valence-corrected chi connectivity index (χ0v) is 7.86. The molecule has 1 N–H and O–H groups in total. The number of carboxylic acid groups (broad SMARTS) is 1. The summed E-state index contributed by atoms with van der Waals surface area (Å²) in [6.07, 6.45) is 4.57. The van der Waals surface area contributed by atoms with Gasteiger partial charge in [-0.3, -0.25) is 9.97 Å². The molecule has 0 saturated heterocycles. The number of hydrogen-bond donors (Lipinski definition) is 1. The predicted octanol–water partition coefficient (Wildman–Crippen LogP) is 1.75. The lowest BCUT2D eigenvalue weighted by atomic mass is 10.1. The van der Waals surface area contributed by atoms with E-state index >= 15 is 0 Å². The number of carbonyl (C=O) groups is 1. The van der Waals surface area contributed by atoms with Crippen LogP contribution in [0.2, 0.25) is 0 Å². The minimum Gasteiger partial charge on any atom is -0.478 e. The van der Waals surface area contributed by atoms with Crippen LogP contribution in [-0.4, -0.2) is 21.0 Å². The van der Waals surface area contributed by atoms with Gasteiger partial charge in [-0.15, -0.1) is 12.4 Å². The van der Waals surface area contributed by atoms with Gasteiger partial charge in [0.1, 0.15) is 0 Å². The number of aromatic nitrogens is 2. The molecule has 2 heterocycles. The molecule has 0 aliphatic carbocycles. The third kappa shape index (κ3) is 1.65. The third-order valence-corrected chi connectivity index (χ3v) is 1.77. The van der Waals surface area contributed by atoms with E-state index in [1.54, 1.807) is 12.3 Å². The van der Waals surface area contributed by atoms with E-state index in [-0.39, 0.29) is 18.0 Å². The summed E-state index contributed by atoms with van der Waals surface area (Å²) in [6, 6.07) is 3.15. The van der Waals surface area contributed by atoms with Gasteiger partial charge in [0.25, 0.3) is 0 Å². The van der Waals surface area contributed by atoms with Gasteiger partial charge < -0.3 is 5.11 Å². The molecule has 4 nitrogen and oxygen atoms in total. The highest BCUT2D eigenvalue weighted by molar-refractivity contribution is 6.01. The fourth-order valence-electron chi connectivity index (χ4n) is 1.18. The van der Waals surface area contributed by atoms with E-state index in [1.165, 1.54) is 18.5 Å². The number of aromatic carboxylic acids is 1. The molecule has 5 heteroatoms. The maximum Gasteiger partial charge on any atom is 0.336 e. The topological polar surface area (TPSA) is 63.1 Å². The average Bonchev–Trinajstić information content (AvgIpc) is 2.17. The van der Waals surface area contributed by atoms with E-state index in [9.17, 15) is 4.79 Å². The molecule has 0 unspecified atom stereocenters. The standard InChI is InChI=1S/C9H6N2O2.ClH/c12-9(13)6-1-4-11-8-2-3-10-5-7(6)8;/h1-5H,(H,12,13);1H. The SMILES string of the molecule is Cl.O=C(O)c1ccnc2ccncc12. The Morgan fingerprint density at radius 2 is 2.07 bits per heavy atom. The number of fused-ring (bicyclic) bond motifs is 1. The van der Waals surface area contributed by atoms with Crippen LogP contribution >= 0.6 is 12.4 Å². The molecule has 0 atom stereocenters. The van der Waals surface area contributed by atoms with E-state index in [0.717, 1.165) is 0 Å². The normalized spacial score (nSPS) is 9.43. The summed E-state index contributed by atoms with van der Waals surface area (Å²) in [5.74, 6) is -0.958. The Labute approximate surface area is 86.0 Å². The van der Waals surface area contributed by atoms with Crippen molar-refractivity contribution in [3.05, 3.63) is 36.3 Å². The van der Waals surface area contributed by atoms with Crippen molar-refractivity contribution in [2.45, 2.75) is 0 Å². The van der Waals surface area contributed by atoms with Crippen molar-refractivity contribution < 1.29 is 9.90 Å². The molecule has 0 spiro atoms. The Morgan fingerprint density at radius 3 is 2.79 bits per heavy atom. The predicted molar refractivity (Wildman–Crippen MR) is 53.7 cm³/mol. The first-order valence-corrected chi connectivity index (χ1v) is 3.71. The molecule has 0 radical (unpaired) electrons. The van der Waals surface area contributed by atoms with Gasteiger partial charge in [0.2, 0.25) is 0 Å². The molecule has 14 heavy (non-hydrogen) atoms. The Bertz CT molecular complexity index is 468. The molecule has 2 aromatic rings. The van der Waals surface area contributed by atoms with Gasteiger partial charge in [-0.1, -0.05) is 0 Å². The molecule has 0 aliphatic heterocycles. The van der Waals surface area contributed by atoms with E-state index in [0.29, 0.717) is 10.9 Å². The number of hydrogen-bond acceptors (Lipinski definition) is 3. The fourth-order valence-corrected chi connectivity index (χ4v) is 1.18. The van der Waals surface area contributed by atoms with E-state index in [1.807, 2.05) is 0 Å².